The molecule has 0 unspecified atom stereocenters. The lowest BCUT2D eigenvalue weighted by atomic mass is 10.1. The van der Waals surface area contributed by atoms with Crippen LogP contribution in [0.1, 0.15) is 236 Å². The molecule has 6 rings (SSSR count). The summed E-state index contributed by atoms with van der Waals surface area (Å²) in [4.78, 5) is 35.9. The Kier molecular flexibility index (Phi) is 61.1. The zero-order chi connectivity index (χ0) is 52.1. The van der Waals surface area contributed by atoms with Gasteiger partial charge in [0, 0.05) is 79.3 Å². The molecule has 0 N–H and O–H groups in total. The van der Waals surface area contributed by atoms with Crippen LogP contribution >= 0.6 is 0 Å². The van der Waals surface area contributed by atoms with E-state index in [2.05, 4.69) is 134 Å². The Labute approximate surface area is 408 Å². The Hall–Kier alpha value is -5.31. The van der Waals surface area contributed by atoms with Gasteiger partial charge in [0.2, 0.25) is 0 Å². The summed E-state index contributed by atoms with van der Waals surface area (Å²) in [5, 5.41) is 0. The lowest BCUT2D eigenvalue weighted by Crippen LogP contribution is -1.93. The van der Waals surface area contributed by atoms with Crippen molar-refractivity contribution < 1.29 is 0 Å². The van der Waals surface area contributed by atoms with Crippen molar-refractivity contribution in [3.05, 3.63) is 163 Å². The maximum absolute atomic E-state index is 4.18. The van der Waals surface area contributed by atoms with Crippen molar-refractivity contribution >= 4 is 0 Å². The molecular formula is C57H99N9. The smallest absolute Gasteiger partial charge is 0.130 e. The molecule has 0 radical (unpaired) electrons. The van der Waals surface area contributed by atoms with Crippen LogP contribution in [0.25, 0.3) is 0 Å². The van der Waals surface area contributed by atoms with E-state index in [0.717, 1.165) is 17.2 Å². The zero-order valence-electron chi connectivity index (χ0n) is 46.6. The van der Waals surface area contributed by atoms with E-state index in [9.17, 15) is 0 Å². The summed E-state index contributed by atoms with van der Waals surface area (Å²) >= 11 is 0. The van der Waals surface area contributed by atoms with Crippen LogP contribution in [0, 0.1) is 0 Å². The van der Waals surface area contributed by atoms with E-state index in [1.54, 1.807) is 37.4 Å². The van der Waals surface area contributed by atoms with Crippen molar-refractivity contribution in [2.45, 2.75) is 202 Å². The molecule has 0 spiro atoms. The fourth-order valence-corrected chi connectivity index (χ4v) is 4.04. The molecule has 0 aromatic carbocycles. The Morgan fingerprint density at radius 1 is 0.273 bits per heavy atom. The van der Waals surface area contributed by atoms with Crippen molar-refractivity contribution in [3.8, 4) is 0 Å². The second kappa shape index (κ2) is 55.8. The van der Waals surface area contributed by atoms with Gasteiger partial charge in [-0.1, -0.05) is 178 Å². The maximum Gasteiger partial charge on any atom is 0.130 e. The van der Waals surface area contributed by atoms with Gasteiger partial charge in [-0.3, -0.25) is 15.0 Å². The standard InChI is InChI=1S/3C8H11N.3C7H10N2.6C2H6/c1-7(2)8-3-5-9-6-4-8;1-7(2)8-4-3-5-9-6-8;1-7(2)8-5-3-4-6-9-8;1-6(2)7-3-8-5-9-4-7;1-6(2)7-3-4-8-5-9-7;1-6(2)7-8-4-3-5-9-7;6*1-2/h3*3-7H,1-2H3;3*3-6H,1-2H3;6*1-2H3. The average molecular weight is 910 g/mol. The third kappa shape index (κ3) is 43.9. The van der Waals surface area contributed by atoms with Crippen LogP contribution in [0.3, 0.4) is 0 Å². The first-order valence-electron chi connectivity index (χ1n) is 24.8. The summed E-state index contributed by atoms with van der Waals surface area (Å²) in [5.41, 5.74) is 6.11. The maximum atomic E-state index is 4.18. The predicted octanol–water partition coefficient (Wildman–Crippen LogP) is 17.6. The lowest BCUT2D eigenvalue weighted by Gasteiger charge is -2.01. The molecule has 6 aromatic heterocycles. The van der Waals surface area contributed by atoms with Gasteiger partial charge in [-0.15, -0.1) is 0 Å². The number of rotatable bonds is 6. The van der Waals surface area contributed by atoms with Crippen LogP contribution in [0.4, 0.5) is 0 Å². The summed E-state index contributed by atoms with van der Waals surface area (Å²) in [5.74, 6) is 4.15. The molecule has 0 saturated heterocycles. The van der Waals surface area contributed by atoms with E-state index in [0.29, 0.717) is 35.5 Å². The SMILES string of the molecule is CC.CC.CC.CC.CC.CC.CC(C)c1ccccn1.CC(C)c1cccnc1.CC(C)c1ccncc1.CC(C)c1ccncn1.CC(C)c1cncnc1.CC(C)c1ncccn1. The van der Waals surface area contributed by atoms with E-state index < -0.39 is 0 Å². The molecule has 0 atom stereocenters. The molecule has 6 aromatic rings. The summed E-state index contributed by atoms with van der Waals surface area (Å²) < 4.78 is 0. The first-order chi connectivity index (χ1) is 31.8. The highest BCUT2D eigenvalue weighted by Crippen LogP contribution is 2.12. The van der Waals surface area contributed by atoms with Crippen LogP contribution in [0.15, 0.2) is 129 Å². The average Bonchev–Trinajstić information content (AvgIpc) is 3.40. The van der Waals surface area contributed by atoms with Crippen molar-refractivity contribution in [1.82, 2.24) is 44.9 Å². The van der Waals surface area contributed by atoms with E-state index in [4.69, 9.17) is 0 Å². The Bertz CT molecular complexity index is 1350. The minimum absolute atomic E-state index is 0.436. The minimum atomic E-state index is 0.436. The van der Waals surface area contributed by atoms with Crippen LogP contribution in [-0.2, 0) is 0 Å². The molecule has 0 bridgehead atoms. The molecule has 0 aliphatic carbocycles. The summed E-state index contributed by atoms with van der Waals surface area (Å²) in [7, 11) is 0. The molecule has 372 valence electrons. The van der Waals surface area contributed by atoms with Crippen molar-refractivity contribution in [3.63, 3.8) is 0 Å². The normalized spacial score (nSPS) is 8.82. The molecule has 9 nitrogen and oxygen atoms in total. The van der Waals surface area contributed by atoms with Gasteiger partial charge in [0.1, 0.15) is 18.5 Å². The molecule has 0 aliphatic rings. The van der Waals surface area contributed by atoms with Crippen LogP contribution in [0.5, 0.6) is 0 Å². The van der Waals surface area contributed by atoms with Gasteiger partial charge >= 0.3 is 0 Å². The second-order valence-corrected chi connectivity index (χ2v) is 14.2. The van der Waals surface area contributed by atoms with Gasteiger partial charge in [-0.2, -0.15) is 0 Å². The van der Waals surface area contributed by atoms with Crippen molar-refractivity contribution in [1.29, 1.82) is 0 Å². The van der Waals surface area contributed by atoms with Gasteiger partial charge in [0.05, 0.1) is 0 Å². The summed E-state index contributed by atoms with van der Waals surface area (Å²) in [6.45, 7) is 49.6. The lowest BCUT2D eigenvalue weighted by molar-refractivity contribution is 0.774. The first-order valence-corrected chi connectivity index (χ1v) is 24.8. The van der Waals surface area contributed by atoms with E-state index >= 15 is 0 Å². The largest absolute Gasteiger partial charge is 0.265 e. The van der Waals surface area contributed by atoms with E-state index in [1.165, 1.54) is 16.7 Å². The number of pyridine rings is 3. The van der Waals surface area contributed by atoms with Gasteiger partial charge in [-0.25, -0.2) is 29.9 Å². The predicted molar refractivity (Wildman–Crippen MR) is 291 cm³/mol. The molecule has 6 heterocycles. The zero-order valence-corrected chi connectivity index (χ0v) is 46.6. The number of aromatic nitrogens is 9. The van der Waals surface area contributed by atoms with Gasteiger partial charge in [-0.05, 0) is 88.7 Å². The first kappa shape index (κ1) is 72.3. The van der Waals surface area contributed by atoms with Crippen LogP contribution in [-0.4, -0.2) is 44.9 Å². The van der Waals surface area contributed by atoms with Gasteiger partial charge in [0.25, 0.3) is 0 Å². The Balaban J connectivity index is -0.000000156. The Morgan fingerprint density at radius 3 is 0.985 bits per heavy atom. The molecule has 66 heavy (non-hydrogen) atoms. The highest BCUT2D eigenvalue weighted by molar-refractivity contribution is 5.14. The molecule has 0 fully saturated rings. The van der Waals surface area contributed by atoms with Crippen molar-refractivity contribution in [2.24, 2.45) is 0 Å². The topological polar surface area (TPSA) is 116 Å². The highest BCUT2D eigenvalue weighted by Gasteiger charge is 1.99. The number of hydrogen-bond acceptors (Lipinski definition) is 9. The van der Waals surface area contributed by atoms with E-state index in [1.807, 2.05) is 169 Å². The molecule has 9 heteroatoms. The molecule has 0 saturated carbocycles. The fraction of sp³-hybridized carbons (Fsp3) is 0.526. The minimum Gasteiger partial charge on any atom is -0.265 e. The number of hydrogen-bond donors (Lipinski definition) is 0. The van der Waals surface area contributed by atoms with Crippen LogP contribution < -0.4 is 0 Å². The molecule has 0 amide bonds. The molecule has 0 aliphatic heterocycles. The summed E-state index contributed by atoms with van der Waals surface area (Å²) in [6, 6.07) is 17.9. The number of nitrogens with zero attached hydrogens (tertiary/aromatic N) is 9. The fourth-order valence-electron chi connectivity index (χ4n) is 4.04. The van der Waals surface area contributed by atoms with Crippen LogP contribution in [0.2, 0.25) is 0 Å². The second-order valence-electron chi connectivity index (χ2n) is 14.2. The van der Waals surface area contributed by atoms with E-state index in [-0.39, 0.29) is 0 Å². The van der Waals surface area contributed by atoms with Gasteiger partial charge in [0.15, 0.2) is 0 Å². The summed E-state index contributed by atoms with van der Waals surface area (Å²) in [6.07, 6.45) is 21.3. The quantitative estimate of drug-likeness (QED) is 0.161. The highest BCUT2D eigenvalue weighted by atomic mass is 14.9. The third-order valence-corrected chi connectivity index (χ3v) is 7.55. The Morgan fingerprint density at radius 2 is 0.712 bits per heavy atom. The third-order valence-electron chi connectivity index (χ3n) is 7.55. The monoisotopic (exact) mass is 910 g/mol. The van der Waals surface area contributed by atoms with Crippen molar-refractivity contribution in [2.75, 3.05) is 0 Å². The van der Waals surface area contributed by atoms with Gasteiger partial charge < -0.3 is 0 Å². The molecular weight excluding hydrogens is 811 g/mol.